The Kier molecular flexibility index (Phi) is 5.08. The Bertz CT molecular complexity index is 1350. The van der Waals surface area contributed by atoms with E-state index in [-0.39, 0.29) is 29.2 Å². The van der Waals surface area contributed by atoms with E-state index in [4.69, 9.17) is 9.47 Å². The lowest BCUT2D eigenvalue weighted by atomic mass is 9.76. The molecule has 1 amide bonds. The topological polar surface area (TPSA) is 124 Å². The molecule has 3 N–H and O–H groups in total. The van der Waals surface area contributed by atoms with E-state index < -0.39 is 0 Å². The average molecular weight is 480 g/mol. The van der Waals surface area contributed by atoms with Crippen LogP contribution in [0.4, 0.5) is 17.3 Å². The van der Waals surface area contributed by atoms with Crippen molar-refractivity contribution < 1.29 is 14.3 Å². The first-order chi connectivity index (χ1) is 16.9. The van der Waals surface area contributed by atoms with Crippen molar-refractivity contribution in [3.05, 3.63) is 46.5 Å². The largest absolute Gasteiger partial charge is 0.381 e. The molecule has 3 fully saturated rings. The van der Waals surface area contributed by atoms with Gasteiger partial charge in [0.25, 0.3) is 11.5 Å². The maximum absolute atomic E-state index is 13.2. The van der Waals surface area contributed by atoms with Gasteiger partial charge in [0, 0.05) is 44.3 Å². The summed E-state index contributed by atoms with van der Waals surface area (Å²) in [5.74, 6) is 1.64. The number of rotatable bonds is 7. The first-order valence-corrected chi connectivity index (χ1v) is 11.9. The van der Waals surface area contributed by atoms with E-state index in [9.17, 15) is 9.59 Å². The van der Waals surface area contributed by atoms with Crippen LogP contribution in [0.25, 0.3) is 5.65 Å². The van der Waals surface area contributed by atoms with Crippen molar-refractivity contribution in [1.82, 2.24) is 24.5 Å². The Morgan fingerprint density at radius 3 is 2.80 bits per heavy atom. The molecule has 1 aliphatic heterocycles. The molecule has 11 nitrogen and oxygen atoms in total. The van der Waals surface area contributed by atoms with Crippen molar-refractivity contribution in [2.24, 2.45) is 11.8 Å². The molecule has 3 aliphatic rings. The van der Waals surface area contributed by atoms with Crippen LogP contribution >= 0.6 is 0 Å². The van der Waals surface area contributed by atoms with Gasteiger partial charge in [-0.05, 0) is 31.9 Å². The maximum Gasteiger partial charge on any atom is 0.274 e. The molecule has 6 rings (SSSR count). The Balaban J connectivity index is 1.30. The standard InChI is InChI=1S/C24H29N7O4/c1-24(34-3)7-6-17(24)28-22(32)13-10-26-31-19(25-2)9-18(29-21(13)31)27-16-5-4-8-30(23(16)33)20-14-11-35-12-15(14)20/h4-5,8-10,14-15,17,20,25H,6-7,11-12H2,1-3H3,(H,27,29)(H,28,32)/t14-,15+,17-,20?,24-/m0/s1. The number of carbonyl (C=O) groups is 1. The summed E-state index contributed by atoms with van der Waals surface area (Å²) < 4.78 is 14.4. The zero-order chi connectivity index (χ0) is 24.3. The number of nitrogens with zero attached hydrogens (tertiary/aromatic N) is 4. The molecular formula is C24H29N7O4. The number of anilines is 3. The highest BCUT2D eigenvalue weighted by molar-refractivity contribution is 6.00. The lowest BCUT2D eigenvalue weighted by molar-refractivity contribution is -0.0828. The first-order valence-electron chi connectivity index (χ1n) is 11.9. The van der Waals surface area contributed by atoms with Gasteiger partial charge in [-0.3, -0.25) is 9.59 Å². The van der Waals surface area contributed by atoms with Gasteiger partial charge in [-0.1, -0.05) is 0 Å². The number of pyridine rings is 1. The van der Waals surface area contributed by atoms with Crippen molar-refractivity contribution in [2.75, 3.05) is 38.0 Å². The van der Waals surface area contributed by atoms with Crippen LogP contribution in [-0.2, 0) is 9.47 Å². The van der Waals surface area contributed by atoms with E-state index in [2.05, 4.69) is 26.0 Å². The molecule has 1 unspecified atom stereocenters. The van der Waals surface area contributed by atoms with Gasteiger partial charge in [0.1, 0.15) is 22.9 Å². The lowest BCUT2D eigenvalue weighted by Gasteiger charge is -2.45. The molecule has 2 aliphatic carbocycles. The number of hydrogen-bond donors (Lipinski definition) is 3. The molecule has 184 valence electrons. The highest BCUT2D eigenvalue weighted by Gasteiger charge is 2.55. The predicted molar refractivity (Wildman–Crippen MR) is 129 cm³/mol. The molecule has 0 aromatic carbocycles. The summed E-state index contributed by atoms with van der Waals surface area (Å²) in [5, 5.41) is 13.7. The second kappa shape index (κ2) is 8.06. The van der Waals surface area contributed by atoms with Crippen LogP contribution < -0.4 is 21.5 Å². The quantitative estimate of drug-likeness (QED) is 0.469. The van der Waals surface area contributed by atoms with Crippen molar-refractivity contribution in [3.8, 4) is 0 Å². The van der Waals surface area contributed by atoms with Gasteiger partial charge in [0.05, 0.1) is 31.1 Å². The van der Waals surface area contributed by atoms with Crippen molar-refractivity contribution in [2.45, 2.75) is 37.5 Å². The van der Waals surface area contributed by atoms with Gasteiger partial charge in [0.15, 0.2) is 5.65 Å². The normalized spacial score (nSPS) is 28.9. The molecular weight excluding hydrogens is 450 g/mol. The summed E-state index contributed by atoms with van der Waals surface area (Å²) in [4.78, 5) is 31.0. The van der Waals surface area contributed by atoms with Crippen LogP contribution in [-0.4, -0.2) is 64.1 Å². The Morgan fingerprint density at radius 1 is 1.31 bits per heavy atom. The molecule has 4 heterocycles. The van der Waals surface area contributed by atoms with Gasteiger partial charge in [-0.2, -0.15) is 9.61 Å². The van der Waals surface area contributed by atoms with Crippen LogP contribution in [0.3, 0.4) is 0 Å². The number of ether oxygens (including phenoxy) is 2. The fourth-order valence-electron chi connectivity index (χ4n) is 5.37. The average Bonchev–Trinajstić information content (AvgIpc) is 3.17. The van der Waals surface area contributed by atoms with Crippen molar-refractivity contribution >= 4 is 28.9 Å². The minimum atomic E-state index is -0.367. The van der Waals surface area contributed by atoms with Crippen LogP contribution in [0.1, 0.15) is 36.2 Å². The Morgan fingerprint density at radius 2 is 2.11 bits per heavy atom. The van der Waals surface area contributed by atoms with Gasteiger partial charge < -0.3 is 30.0 Å². The third kappa shape index (κ3) is 3.49. The summed E-state index contributed by atoms with van der Waals surface area (Å²) in [7, 11) is 3.43. The smallest absolute Gasteiger partial charge is 0.274 e. The summed E-state index contributed by atoms with van der Waals surface area (Å²) >= 11 is 0. The molecule has 1 saturated heterocycles. The number of nitrogens with one attached hydrogen (secondary N) is 3. The monoisotopic (exact) mass is 479 g/mol. The summed E-state index contributed by atoms with van der Waals surface area (Å²) in [6, 6.07) is 5.47. The van der Waals surface area contributed by atoms with Gasteiger partial charge in [0.2, 0.25) is 0 Å². The maximum atomic E-state index is 13.2. The van der Waals surface area contributed by atoms with Gasteiger partial charge in [-0.25, -0.2) is 4.98 Å². The van der Waals surface area contributed by atoms with E-state index in [1.165, 1.54) is 6.20 Å². The van der Waals surface area contributed by atoms with E-state index in [1.807, 2.05) is 19.2 Å². The number of amides is 1. The van der Waals surface area contributed by atoms with E-state index in [1.54, 1.807) is 35.4 Å². The third-order valence-corrected chi connectivity index (χ3v) is 7.88. The second-order valence-electron chi connectivity index (χ2n) is 9.77. The molecule has 5 atom stereocenters. The fourth-order valence-corrected chi connectivity index (χ4v) is 5.37. The Labute approximate surface area is 201 Å². The SMILES string of the molecule is CNc1cc(Nc2cccn(C3[C@H]4COC[C@@H]34)c2=O)nc2c(C(=O)N[C@H]3CC[C@]3(C)OC)cnn12. The molecule has 3 aromatic rings. The predicted octanol–water partition coefficient (Wildman–Crippen LogP) is 1.79. The molecule has 11 heteroatoms. The van der Waals surface area contributed by atoms with Crippen LogP contribution in [0, 0.1) is 11.8 Å². The second-order valence-corrected chi connectivity index (χ2v) is 9.77. The highest BCUT2D eigenvalue weighted by Crippen LogP contribution is 2.53. The summed E-state index contributed by atoms with van der Waals surface area (Å²) in [6.45, 7) is 3.41. The highest BCUT2D eigenvalue weighted by atomic mass is 16.5. The summed E-state index contributed by atoms with van der Waals surface area (Å²) in [5.41, 5.74) is 0.698. The number of carbonyl (C=O) groups excluding carboxylic acids is 1. The fraction of sp³-hybridized carbons (Fsp3) is 0.500. The summed E-state index contributed by atoms with van der Waals surface area (Å²) in [6.07, 6.45) is 5.09. The third-order valence-electron chi connectivity index (χ3n) is 7.88. The van der Waals surface area contributed by atoms with Crippen molar-refractivity contribution in [3.63, 3.8) is 0 Å². The molecule has 0 bridgehead atoms. The molecule has 2 saturated carbocycles. The van der Waals surface area contributed by atoms with Gasteiger partial charge >= 0.3 is 0 Å². The number of fused-ring (bicyclic) bond motifs is 2. The van der Waals surface area contributed by atoms with Crippen LogP contribution in [0.5, 0.6) is 0 Å². The number of aromatic nitrogens is 4. The molecule has 3 aromatic heterocycles. The molecule has 0 radical (unpaired) electrons. The number of methoxy groups -OCH3 is 1. The van der Waals surface area contributed by atoms with Gasteiger partial charge in [-0.15, -0.1) is 0 Å². The molecule has 0 spiro atoms. The zero-order valence-electron chi connectivity index (χ0n) is 19.9. The molecule has 35 heavy (non-hydrogen) atoms. The van der Waals surface area contributed by atoms with Crippen LogP contribution in [0.2, 0.25) is 0 Å². The number of hydrogen-bond acceptors (Lipinski definition) is 8. The minimum Gasteiger partial charge on any atom is -0.381 e. The van der Waals surface area contributed by atoms with E-state index >= 15 is 0 Å². The van der Waals surface area contributed by atoms with Crippen molar-refractivity contribution in [1.29, 1.82) is 0 Å². The zero-order valence-corrected chi connectivity index (χ0v) is 19.9. The van der Waals surface area contributed by atoms with E-state index in [0.29, 0.717) is 53.6 Å². The Hall–Kier alpha value is -3.44. The van der Waals surface area contributed by atoms with E-state index in [0.717, 1.165) is 12.8 Å². The lowest BCUT2D eigenvalue weighted by Crippen LogP contribution is -2.59. The van der Waals surface area contributed by atoms with Crippen LogP contribution in [0.15, 0.2) is 35.4 Å². The first kappa shape index (κ1) is 22.1. The minimum absolute atomic E-state index is 0.0740.